The second kappa shape index (κ2) is 6.05. The summed E-state index contributed by atoms with van der Waals surface area (Å²) in [5.74, 6) is 0.442. The molecule has 1 aliphatic heterocycles. The zero-order valence-electron chi connectivity index (χ0n) is 9.67. The molecule has 1 saturated heterocycles. The number of nitrogens with zero attached hydrogens (tertiary/aromatic N) is 2. The van der Waals surface area contributed by atoms with Crippen LogP contribution in [0.25, 0.3) is 0 Å². The molecule has 0 radical (unpaired) electrons. The van der Waals surface area contributed by atoms with Crippen LogP contribution in [0.15, 0.2) is 16.9 Å². The van der Waals surface area contributed by atoms with Gasteiger partial charge in [-0.2, -0.15) is 0 Å². The molecule has 0 aliphatic carbocycles. The standard InChI is InChI=1S/C10H14BrN3O3S/c11-8-4-12-10(13-5-8)6-14-18(15,16)7-9-2-1-3-17-9/h4-5,9,14H,1-3,6-7H2/t9-/m1/s1. The van der Waals surface area contributed by atoms with Crippen LogP contribution in [0.5, 0.6) is 0 Å². The highest BCUT2D eigenvalue weighted by Crippen LogP contribution is 2.13. The van der Waals surface area contributed by atoms with E-state index in [0.717, 1.165) is 17.3 Å². The smallest absolute Gasteiger partial charge is 0.214 e. The van der Waals surface area contributed by atoms with Crippen molar-refractivity contribution < 1.29 is 13.2 Å². The van der Waals surface area contributed by atoms with Crippen molar-refractivity contribution in [2.75, 3.05) is 12.4 Å². The fourth-order valence-electron chi connectivity index (χ4n) is 1.68. The van der Waals surface area contributed by atoms with E-state index in [1.807, 2.05) is 0 Å². The van der Waals surface area contributed by atoms with Crippen LogP contribution in [0.2, 0.25) is 0 Å². The number of hydrogen-bond acceptors (Lipinski definition) is 5. The molecule has 0 unspecified atom stereocenters. The Bertz CT molecular complexity index is 486. The summed E-state index contributed by atoms with van der Waals surface area (Å²) in [6.45, 7) is 0.748. The fourth-order valence-corrected chi connectivity index (χ4v) is 3.11. The second-order valence-corrected chi connectivity index (χ2v) is 6.82. The van der Waals surface area contributed by atoms with E-state index in [9.17, 15) is 8.42 Å². The molecule has 0 amide bonds. The van der Waals surface area contributed by atoms with Crippen LogP contribution in [-0.4, -0.2) is 36.8 Å². The van der Waals surface area contributed by atoms with Gasteiger partial charge < -0.3 is 4.74 Å². The molecule has 6 nitrogen and oxygen atoms in total. The topological polar surface area (TPSA) is 81.2 Å². The van der Waals surface area contributed by atoms with Crippen LogP contribution in [0.3, 0.4) is 0 Å². The van der Waals surface area contributed by atoms with E-state index in [4.69, 9.17) is 4.74 Å². The lowest BCUT2D eigenvalue weighted by molar-refractivity contribution is 0.127. The van der Waals surface area contributed by atoms with Crippen LogP contribution in [0, 0.1) is 0 Å². The molecule has 1 aromatic heterocycles. The first-order valence-electron chi connectivity index (χ1n) is 5.60. The average Bonchev–Trinajstić information content (AvgIpc) is 2.80. The van der Waals surface area contributed by atoms with Gasteiger partial charge in [0.15, 0.2) is 0 Å². The molecule has 0 bridgehead atoms. The maximum atomic E-state index is 11.8. The molecule has 8 heteroatoms. The van der Waals surface area contributed by atoms with Gasteiger partial charge in [-0.3, -0.25) is 0 Å². The van der Waals surface area contributed by atoms with Crippen molar-refractivity contribution in [2.24, 2.45) is 0 Å². The molecule has 2 heterocycles. The third-order valence-electron chi connectivity index (χ3n) is 2.55. The van der Waals surface area contributed by atoms with Crippen molar-refractivity contribution in [3.8, 4) is 0 Å². The molecule has 1 atom stereocenters. The van der Waals surface area contributed by atoms with Gasteiger partial charge in [0.2, 0.25) is 10.0 Å². The minimum absolute atomic E-state index is 0.00350. The lowest BCUT2D eigenvalue weighted by Gasteiger charge is -2.10. The summed E-state index contributed by atoms with van der Waals surface area (Å²) >= 11 is 3.21. The lowest BCUT2D eigenvalue weighted by Crippen LogP contribution is -2.32. The third kappa shape index (κ3) is 4.27. The number of rotatable bonds is 5. The monoisotopic (exact) mass is 335 g/mol. The van der Waals surface area contributed by atoms with E-state index in [1.54, 1.807) is 12.4 Å². The third-order valence-corrected chi connectivity index (χ3v) is 4.36. The van der Waals surface area contributed by atoms with E-state index in [0.29, 0.717) is 12.4 Å². The number of ether oxygens (including phenoxy) is 1. The summed E-state index contributed by atoms with van der Waals surface area (Å²) in [6.07, 6.45) is 4.70. The Morgan fingerprint density at radius 3 is 2.78 bits per heavy atom. The van der Waals surface area contributed by atoms with Gasteiger partial charge in [0.1, 0.15) is 5.82 Å². The minimum Gasteiger partial charge on any atom is -0.377 e. The summed E-state index contributed by atoms with van der Waals surface area (Å²) < 4.78 is 32.1. The van der Waals surface area contributed by atoms with E-state index in [1.165, 1.54) is 0 Å². The van der Waals surface area contributed by atoms with E-state index in [2.05, 4.69) is 30.6 Å². The molecular formula is C10H14BrN3O3S. The van der Waals surface area contributed by atoms with Crippen molar-refractivity contribution in [3.05, 3.63) is 22.7 Å². The first-order chi connectivity index (χ1) is 8.55. The maximum absolute atomic E-state index is 11.8. The summed E-state index contributed by atoms with van der Waals surface area (Å²) in [7, 11) is -3.34. The van der Waals surface area contributed by atoms with Crippen LogP contribution in [0.1, 0.15) is 18.7 Å². The van der Waals surface area contributed by atoms with Crippen LogP contribution in [0.4, 0.5) is 0 Å². The zero-order valence-corrected chi connectivity index (χ0v) is 12.1. The summed E-state index contributed by atoms with van der Waals surface area (Å²) in [4.78, 5) is 7.99. The molecule has 2 rings (SSSR count). The minimum atomic E-state index is -3.34. The van der Waals surface area contributed by atoms with Crippen LogP contribution < -0.4 is 4.72 Å². The number of hydrogen-bond donors (Lipinski definition) is 1. The first kappa shape index (κ1) is 13.9. The van der Waals surface area contributed by atoms with Crippen molar-refractivity contribution in [1.82, 2.24) is 14.7 Å². The van der Waals surface area contributed by atoms with Crippen molar-refractivity contribution in [2.45, 2.75) is 25.5 Å². The van der Waals surface area contributed by atoms with E-state index in [-0.39, 0.29) is 18.4 Å². The molecule has 0 aromatic carbocycles. The Balaban J connectivity index is 1.86. The zero-order chi connectivity index (χ0) is 13.0. The molecule has 1 aromatic rings. The molecule has 0 spiro atoms. The van der Waals surface area contributed by atoms with Gasteiger partial charge in [0.05, 0.1) is 22.9 Å². The Kier molecular flexibility index (Phi) is 4.66. The first-order valence-corrected chi connectivity index (χ1v) is 8.05. The molecular weight excluding hydrogens is 322 g/mol. The van der Waals surface area contributed by atoms with Gasteiger partial charge in [-0.25, -0.2) is 23.1 Å². The SMILES string of the molecule is O=S(=O)(C[C@H]1CCCO1)NCc1ncc(Br)cn1. The highest BCUT2D eigenvalue weighted by molar-refractivity contribution is 9.10. The summed E-state index contributed by atoms with van der Waals surface area (Å²) in [5, 5.41) is 0. The largest absolute Gasteiger partial charge is 0.377 e. The van der Waals surface area contributed by atoms with Crippen molar-refractivity contribution in [3.63, 3.8) is 0 Å². The van der Waals surface area contributed by atoms with Gasteiger partial charge in [0.25, 0.3) is 0 Å². The molecule has 18 heavy (non-hydrogen) atoms. The molecule has 0 saturated carbocycles. The quantitative estimate of drug-likeness (QED) is 0.862. The predicted molar refractivity (Wildman–Crippen MR) is 69.3 cm³/mol. The number of halogens is 1. The van der Waals surface area contributed by atoms with Gasteiger partial charge in [-0.05, 0) is 28.8 Å². The van der Waals surface area contributed by atoms with Crippen LogP contribution in [-0.2, 0) is 21.3 Å². The molecule has 100 valence electrons. The van der Waals surface area contributed by atoms with Gasteiger partial charge in [-0.15, -0.1) is 0 Å². The average molecular weight is 336 g/mol. The highest BCUT2D eigenvalue weighted by atomic mass is 79.9. The molecule has 1 aliphatic rings. The van der Waals surface area contributed by atoms with Gasteiger partial charge >= 0.3 is 0 Å². The van der Waals surface area contributed by atoms with Crippen LogP contribution >= 0.6 is 15.9 Å². The van der Waals surface area contributed by atoms with Gasteiger partial charge in [0, 0.05) is 19.0 Å². The Labute approximate surface area is 114 Å². The van der Waals surface area contributed by atoms with Crippen molar-refractivity contribution in [1.29, 1.82) is 0 Å². The van der Waals surface area contributed by atoms with Crippen molar-refractivity contribution >= 4 is 26.0 Å². The normalized spacial score (nSPS) is 20.2. The Morgan fingerprint density at radius 2 is 2.17 bits per heavy atom. The summed E-state index contributed by atoms with van der Waals surface area (Å²) in [6, 6.07) is 0. The molecule has 1 N–H and O–H groups in total. The Hall–Kier alpha value is -0.570. The lowest BCUT2D eigenvalue weighted by atomic mass is 10.3. The van der Waals surface area contributed by atoms with E-state index >= 15 is 0 Å². The number of nitrogens with one attached hydrogen (secondary N) is 1. The van der Waals surface area contributed by atoms with E-state index < -0.39 is 10.0 Å². The fraction of sp³-hybridized carbons (Fsp3) is 0.600. The maximum Gasteiger partial charge on any atom is 0.214 e. The molecule has 1 fully saturated rings. The second-order valence-electron chi connectivity index (χ2n) is 4.06. The van der Waals surface area contributed by atoms with Gasteiger partial charge in [-0.1, -0.05) is 0 Å². The Morgan fingerprint density at radius 1 is 1.44 bits per heavy atom. The predicted octanol–water partition coefficient (Wildman–Crippen LogP) is 0.837. The number of sulfonamides is 1. The highest BCUT2D eigenvalue weighted by Gasteiger charge is 2.23. The number of aromatic nitrogens is 2. The summed E-state index contributed by atoms with van der Waals surface area (Å²) in [5.41, 5.74) is 0.